The molecule has 5 heteroatoms. The zero-order valence-corrected chi connectivity index (χ0v) is 12.8. The molecule has 0 fully saturated rings. The van der Waals surface area contributed by atoms with Gasteiger partial charge in [-0.3, -0.25) is 4.79 Å². The summed E-state index contributed by atoms with van der Waals surface area (Å²) in [7, 11) is 1.90. The minimum atomic E-state index is -0.294. The molecule has 0 aliphatic carbocycles. The summed E-state index contributed by atoms with van der Waals surface area (Å²) in [5, 5.41) is 13.0. The van der Waals surface area contributed by atoms with Gasteiger partial charge in [-0.05, 0) is 24.5 Å². The van der Waals surface area contributed by atoms with Crippen molar-refractivity contribution in [3.8, 4) is 5.75 Å². The maximum Gasteiger partial charge on any atom is 0.255 e. The van der Waals surface area contributed by atoms with Crippen molar-refractivity contribution in [1.82, 2.24) is 14.9 Å². The standard InChI is InChI=1S/C16H21N3O2/c1-10(2)13(15-17-8-9-19(15)4)18-16(21)12-7-5-6-11(3)14(12)20/h5-10,13,20H,1-4H3,(H,18,21)/t13-/m1/s1. The number of imidazole rings is 1. The van der Waals surface area contributed by atoms with Crippen molar-refractivity contribution in [2.75, 3.05) is 0 Å². The molecule has 2 N–H and O–H groups in total. The van der Waals surface area contributed by atoms with Crippen LogP contribution < -0.4 is 5.32 Å². The fourth-order valence-electron chi connectivity index (χ4n) is 2.27. The topological polar surface area (TPSA) is 67.2 Å². The van der Waals surface area contributed by atoms with Gasteiger partial charge in [-0.15, -0.1) is 0 Å². The second kappa shape index (κ2) is 5.99. The number of aromatic nitrogens is 2. The smallest absolute Gasteiger partial charge is 0.255 e. The number of hydrogen-bond acceptors (Lipinski definition) is 3. The van der Waals surface area contributed by atoms with Gasteiger partial charge in [-0.25, -0.2) is 4.98 Å². The van der Waals surface area contributed by atoms with E-state index in [0.29, 0.717) is 5.56 Å². The van der Waals surface area contributed by atoms with E-state index >= 15 is 0 Å². The fourth-order valence-corrected chi connectivity index (χ4v) is 2.27. The Hall–Kier alpha value is -2.30. The number of benzene rings is 1. The van der Waals surface area contributed by atoms with Crippen LogP contribution in [0.3, 0.4) is 0 Å². The molecular formula is C16H21N3O2. The molecule has 112 valence electrons. The Morgan fingerprint density at radius 3 is 2.67 bits per heavy atom. The monoisotopic (exact) mass is 287 g/mol. The maximum atomic E-state index is 12.4. The number of nitrogens with zero attached hydrogens (tertiary/aromatic N) is 2. The lowest BCUT2D eigenvalue weighted by atomic mass is 10.0. The number of aromatic hydroxyl groups is 1. The summed E-state index contributed by atoms with van der Waals surface area (Å²) < 4.78 is 1.89. The number of hydrogen-bond donors (Lipinski definition) is 2. The normalized spacial score (nSPS) is 12.4. The summed E-state index contributed by atoms with van der Waals surface area (Å²) in [4.78, 5) is 16.7. The summed E-state index contributed by atoms with van der Waals surface area (Å²) in [6.45, 7) is 5.82. The van der Waals surface area contributed by atoms with Gasteiger partial charge in [0.25, 0.3) is 5.91 Å². The Morgan fingerprint density at radius 1 is 1.38 bits per heavy atom. The molecule has 0 unspecified atom stereocenters. The van der Waals surface area contributed by atoms with Gasteiger partial charge in [-0.2, -0.15) is 0 Å². The Morgan fingerprint density at radius 2 is 2.10 bits per heavy atom. The molecule has 0 aliphatic heterocycles. The molecular weight excluding hydrogens is 266 g/mol. The van der Waals surface area contributed by atoms with Gasteiger partial charge in [0.2, 0.25) is 0 Å². The SMILES string of the molecule is Cc1cccc(C(=O)N[C@@H](c2nccn2C)C(C)C)c1O. The van der Waals surface area contributed by atoms with E-state index < -0.39 is 0 Å². The van der Waals surface area contributed by atoms with Crippen LogP contribution in [-0.4, -0.2) is 20.6 Å². The molecule has 0 saturated heterocycles. The molecule has 0 spiro atoms. The van der Waals surface area contributed by atoms with Crippen LogP contribution in [0.2, 0.25) is 0 Å². The minimum Gasteiger partial charge on any atom is -0.507 e. The summed E-state index contributed by atoms with van der Waals surface area (Å²) in [5.41, 5.74) is 0.968. The van der Waals surface area contributed by atoms with E-state index in [-0.39, 0.29) is 29.2 Å². The Balaban J connectivity index is 2.28. The van der Waals surface area contributed by atoms with Crippen molar-refractivity contribution in [3.63, 3.8) is 0 Å². The molecule has 0 bridgehead atoms. The Labute approximate surface area is 124 Å². The van der Waals surface area contributed by atoms with Gasteiger partial charge < -0.3 is 15.0 Å². The summed E-state index contributed by atoms with van der Waals surface area (Å²) in [6, 6.07) is 4.94. The van der Waals surface area contributed by atoms with Gasteiger partial charge >= 0.3 is 0 Å². The first kappa shape index (κ1) is 15.1. The van der Waals surface area contributed by atoms with E-state index in [0.717, 1.165) is 5.82 Å². The first-order chi connectivity index (χ1) is 9.91. The number of amides is 1. The summed E-state index contributed by atoms with van der Waals surface area (Å²) in [6.07, 6.45) is 3.56. The molecule has 21 heavy (non-hydrogen) atoms. The Kier molecular flexibility index (Phi) is 4.31. The maximum absolute atomic E-state index is 12.4. The molecule has 1 aromatic carbocycles. The molecule has 1 aromatic heterocycles. The second-order valence-corrected chi connectivity index (χ2v) is 5.56. The van der Waals surface area contributed by atoms with Gasteiger partial charge in [0.15, 0.2) is 0 Å². The summed E-state index contributed by atoms with van der Waals surface area (Å²) in [5.74, 6) is 0.711. The van der Waals surface area contributed by atoms with E-state index in [9.17, 15) is 9.90 Å². The largest absolute Gasteiger partial charge is 0.507 e. The van der Waals surface area contributed by atoms with Crippen LogP contribution >= 0.6 is 0 Å². The van der Waals surface area contributed by atoms with E-state index in [4.69, 9.17) is 0 Å². The van der Waals surface area contributed by atoms with Gasteiger partial charge in [-0.1, -0.05) is 26.0 Å². The molecule has 0 radical (unpaired) electrons. The number of rotatable bonds is 4. The number of phenols is 1. The third kappa shape index (κ3) is 3.07. The number of phenolic OH excluding ortho intramolecular Hbond substituents is 1. The van der Waals surface area contributed by atoms with Gasteiger partial charge in [0.05, 0.1) is 11.6 Å². The van der Waals surface area contributed by atoms with Crippen LogP contribution in [0.1, 0.15) is 41.6 Å². The molecule has 5 nitrogen and oxygen atoms in total. The first-order valence-electron chi connectivity index (χ1n) is 6.98. The van der Waals surface area contributed by atoms with Crippen LogP contribution in [0.15, 0.2) is 30.6 Å². The lowest BCUT2D eigenvalue weighted by Gasteiger charge is -2.22. The number of carbonyl (C=O) groups is 1. The molecule has 0 aliphatic rings. The second-order valence-electron chi connectivity index (χ2n) is 5.56. The molecule has 1 heterocycles. The van der Waals surface area contributed by atoms with Crippen molar-refractivity contribution in [3.05, 3.63) is 47.5 Å². The number of para-hydroxylation sites is 1. The van der Waals surface area contributed by atoms with Gasteiger partial charge in [0.1, 0.15) is 11.6 Å². The predicted molar refractivity (Wildman–Crippen MR) is 81.1 cm³/mol. The van der Waals surface area contributed by atoms with Crippen molar-refractivity contribution in [1.29, 1.82) is 0 Å². The highest BCUT2D eigenvalue weighted by atomic mass is 16.3. The fraction of sp³-hybridized carbons (Fsp3) is 0.375. The highest BCUT2D eigenvalue weighted by molar-refractivity contribution is 5.97. The number of carbonyl (C=O) groups excluding carboxylic acids is 1. The zero-order chi connectivity index (χ0) is 15.6. The lowest BCUT2D eigenvalue weighted by molar-refractivity contribution is 0.0919. The van der Waals surface area contributed by atoms with Gasteiger partial charge in [0, 0.05) is 19.4 Å². The third-order valence-corrected chi connectivity index (χ3v) is 3.57. The molecule has 0 saturated carbocycles. The van der Waals surface area contributed by atoms with Crippen molar-refractivity contribution in [2.24, 2.45) is 13.0 Å². The highest BCUT2D eigenvalue weighted by Crippen LogP contribution is 2.24. The zero-order valence-electron chi connectivity index (χ0n) is 12.8. The quantitative estimate of drug-likeness (QED) is 0.908. The Bertz CT molecular complexity index is 647. The van der Waals surface area contributed by atoms with E-state index in [2.05, 4.69) is 10.3 Å². The molecule has 2 aromatic rings. The van der Waals surface area contributed by atoms with E-state index in [1.807, 2.05) is 31.7 Å². The van der Waals surface area contributed by atoms with Crippen LogP contribution in [0, 0.1) is 12.8 Å². The molecule has 1 atom stereocenters. The van der Waals surface area contributed by atoms with E-state index in [1.54, 1.807) is 31.3 Å². The molecule has 2 rings (SSSR count). The molecule has 1 amide bonds. The van der Waals surface area contributed by atoms with Crippen LogP contribution in [0.25, 0.3) is 0 Å². The average molecular weight is 287 g/mol. The van der Waals surface area contributed by atoms with Crippen LogP contribution in [0.5, 0.6) is 5.75 Å². The third-order valence-electron chi connectivity index (χ3n) is 3.57. The van der Waals surface area contributed by atoms with Crippen molar-refractivity contribution >= 4 is 5.91 Å². The van der Waals surface area contributed by atoms with E-state index in [1.165, 1.54) is 0 Å². The van der Waals surface area contributed by atoms with Crippen molar-refractivity contribution < 1.29 is 9.90 Å². The highest BCUT2D eigenvalue weighted by Gasteiger charge is 2.23. The van der Waals surface area contributed by atoms with Crippen LogP contribution in [-0.2, 0) is 7.05 Å². The number of aryl methyl sites for hydroxylation is 2. The van der Waals surface area contributed by atoms with Crippen LogP contribution in [0.4, 0.5) is 0 Å². The first-order valence-corrected chi connectivity index (χ1v) is 6.98. The average Bonchev–Trinajstić information content (AvgIpc) is 2.84. The lowest BCUT2D eigenvalue weighted by Crippen LogP contribution is -2.33. The minimum absolute atomic E-state index is 0.0253. The summed E-state index contributed by atoms with van der Waals surface area (Å²) >= 11 is 0. The van der Waals surface area contributed by atoms with Crippen molar-refractivity contribution in [2.45, 2.75) is 26.8 Å². The number of nitrogens with one attached hydrogen (secondary N) is 1. The predicted octanol–water partition coefficient (Wildman–Crippen LogP) is 2.56.